The fraction of sp³-hybridized carbons (Fsp3) is 0.462. The van der Waals surface area contributed by atoms with Crippen LogP contribution in [0.3, 0.4) is 0 Å². The third-order valence-corrected chi connectivity index (χ3v) is 4.75. The number of halogens is 1. The topological polar surface area (TPSA) is 67.9 Å². The van der Waals surface area contributed by atoms with E-state index in [-0.39, 0.29) is 11.6 Å². The Hall–Kier alpha value is -1.60. The van der Waals surface area contributed by atoms with E-state index in [1.807, 2.05) is 0 Å². The molecule has 0 radical (unpaired) electrons. The van der Waals surface area contributed by atoms with E-state index in [9.17, 15) is 4.39 Å². The summed E-state index contributed by atoms with van der Waals surface area (Å²) in [6.45, 7) is 2.16. The lowest BCUT2D eigenvalue weighted by Crippen LogP contribution is -2.29. The third-order valence-electron chi connectivity index (χ3n) is 3.59. The van der Waals surface area contributed by atoms with Crippen molar-refractivity contribution in [3.05, 3.63) is 23.2 Å². The number of nitrogens with zero attached hydrogens (tertiary/aromatic N) is 4. The zero-order valence-corrected chi connectivity index (χ0v) is 12.0. The zero-order valence-electron chi connectivity index (χ0n) is 11.2. The summed E-state index contributed by atoms with van der Waals surface area (Å²) >= 11 is 1.50. The molecule has 0 aromatic carbocycles. The lowest BCUT2D eigenvalue weighted by Gasteiger charge is -2.27. The fourth-order valence-corrected chi connectivity index (χ4v) is 3.47. The molecule has 2 aromatic rings. The maximum absolute atomic E-state index is 13.7. The minimum absolute atomic E-state index is 0.0793. The number of hydrogen-bond acceptors (Lipinski definition) is 6. The smallest absolute Gasteiger partial charge is 0.220 e. The predicted molar refractivity (Wildman–Crippen MR) is 77.0 cm³/mol. The van der Waals surface area contributed by atoms with Gasteiger partial charge in [-0.2, -0.15) is 0 Å². The minimum atomic E-state index is -0.460. The lowest BCUT2D eigenvalue weighted by atomic mass is 9.98. The van der Waals surface area contributed by atoms with Crippen LogP contribution in [0.1, 0.15) is 23.8 Å². The molecule has 1 aliphatic heterocycles. The molecule has 0 spiro atoms. The van der Waals surface area contributed by atoms with Gasteiger partial charge in [-0.15, -0.1) is 11.3 Å². The second-order valence-corrected chi connectivity index (χ2v) is 6.13. The summed E-state index contributed by atoms with van der Waals surface area (Å²) in [5.74, 6) is 0.0839. The summed E-state index contributed by atoms with van der Waals surface area (Å²) in [5.41, 5.74) is 5.76. The summed E-state index contributed by atoms with van der Waals surface area (Å²) in [6, 6.07) is 0. The summed E-state index contributed by atoms with van der Waals surface area (Å²) < 4.78 is 13.7. The molecule has 0 atom stereocenters. The SMILES string of the molecule is CN1CCC(c2ncc(-c3nc(N)ncc3F)s2)CC1. The van der Waals surface area contributed by atoms with Crippen LogP contribution in [-0.4, -0.2) is 40.0 Å². The van der Waals surface area contributed by atoms with Gasteiger partial charge in [0.2, 0.25) is 5.95 Å². The van der Waals surface area contributed by atoms with Crippen LogP contribution in [0.25, 0.3) is 10.6 Å². The van der Waals surface area contributed by atoms with Crippen LogP contribution in [0.5, 0.6) is 0 Å². The van der Waals surface area contributed by atoms with Gasteiger partial charge < -0.3 is 10.6 Å². The molecule has 0 saturated carbocycles. The van der Waals surface area contributed by atoms with Gasteiger partial charge in [-0.1, -0.05) is 0 Å². The Morgan fingerprint density at radius 2 is 2.05 bits per heavy atom. The van der Waals surface area contributed by atoms with Crippen LogP contribution in [-0.2, 0) is 0 Å². The van der Waals surface area contributed by atoms with E-state index in [0.29, 0.717) is 10.8 Å². The second kappa shape index (κ2) is 5.41. The molecule has 0 unspecified atom stereocenters. The summed E-state index contributed by atoms with van der Waals surface area (Å²) in [6.07, 6.45) is 4.98. The number of likely N-dealkylation sites (tertiary alicyclic amines) is 1. The monoisotopic (exact) mass is 293 g/mol. The van der Waals surface area contributed by atoms with Crippen LogP contribution in [0.4, 0.5) is 10.3 Å². The Balaban J connectivity index is 1.85. The van der Waals surface area contributed by atoms with Crippen molar-refractivity contribution in [3.63, 3.8) is 0 Å². The Morgan fingerprint density at radius 1 is 1.30 bits per heavy atom. The van der Waals surface area contributed by atoms with Gasteiger partial charge in [-0.3, -0.25) is 0 Å². The number of piperidine rings is 1. The highest BCUT2D eigenvalue weighted by Gasteiger charge is 2.22. The van der Waals surface area contributed by atoms with Gasteiger partial charge >= 0.3 is 0 Å². The van der Waals surface area contributed by atoms with Gasteiger partial charge in [0.25, 0.3) is 0 Å². The van der Waals surface area contributed by atoms with Gasteiger partial charge in [-0.25, -0.2) is 19.3 Å². The summed E-state index contributed by atoms with van der Waals surface area (Å²) in [5, 5.41) is 1.06. The predicted octanol–water partition coefficient (Wildman–Crippen LogP) is 2.13. The third kappa shape index (κ3) is 2.64. The molecule has 1 aliphatic rings. The van der Waals surface area contributed by atoms with E-state index in [0.717, 1.165) is 37.1 Å². The largest absolute Gasteiger partial charge is 0.368 e. The van der Waals surface area contributed by atoms with E-state index >= 15 is 0 Å². The Labute approximate surface area is 120 Å². The van der Waals surface area contributed by atoms with Crippen molar-refractivity contribution in [2.24, 2.45) is 0 Å². The number of nitrogen functional groups attached to an aromatic ring is 1. The van der Waals surface area contributed by atoms with Crippen molar-refractivity contribution < 1.29 is 4.39 Å². The van der Waals surface area contributed by atoms with Crippen LogP contribution in [0, 0.1) is 5.82 Å². The molecule has 0 aliphatic carbocycles. The van der Waals surface area contributed by atoms with E-state index < -0.39 is 5.82 Å². The van der Waals surface area contributed by atoms with Gasteiger partial charge in [0, 0.05) is 12.1 Å². The first-order valence-electron chi connectivity index (χ1n) is 6.56. The molecule has 7 heteroatoms. The standard InChI is InChI=1S/C13H16FN5S/c1-19-4-2-8(3-5-19)12-16-7-10(20-12)11-9(14)6-17-13(15)18-11/h6-8H,2-5H2,1H3,(H2,15,17,18). The molecule has 2 N–H and O–H groups in total. The van der Waals surface area contributed by atoms with Crippen LogP contribution in [0.15, 0.2) is 12.4 Å². The van der Waals surface area contributed by atoms with Crippen LogP contribution in [0.2, 0.25) is 0 Å². The fourth-order valence-electron chi connectivity index (χ4n) is 2.39. The Kier molecular flexibility index (Phi) is 3.62. The molecule has 20 heavy (non-hydrogen) atoms. The maximum atomic E-state index is 13.7. The van der Waals surface area contributed by atoms with Crippen LogP contribution < -0.4 is 5.73 Å². The molecule has 0 amide bonds. The molecule has 1 saturated heterocycles. The summed E-state index contributed by atoms with van der Waals surface area (Å²) in [4.78, 5) is 15.1. The normalized spacial score (nSPS) is 17.5. The summed E-state index contributed by atoms with van der Waals surface area (Å²) in [7, 11) is 2.13. The Morgan fingerprint density at radius 3 is 2.80 bits per heavy atom. The van der Waals surface area contributed by atoms with E-state index in [1.165, 1.54) is 11.3 Å². The van der Waals surface area contributed by atoms with Crippen molar-refractivity contribution in [1.29, 1.82) is 0 Å². The second-order valence-electron chi connectivity index (χ2n) is 5.07. The zero-order chi connectivity index (χ0) is 14.1. The number of aromatic nitrogens is 3. The van der Waals surface area contributed by atoms with Crippen molar-refractivity contribution in [1.82, 2.24) is 19.9 Å². The average molecular weight is 293 g/mol. The first kappa shape index (κ1) is 13.4. The minimum Gasteiger partial charge on any atom is -0.368 e. The number of rotatable bonds is 2. The number of thiazole rings is 1. The highest BCUT2D eigenvalue weighted by atomic mass is 32.1. The first-order valence-corrected chi connectivity index (χ1v) is 7.38. The average Bonchev–Trinajstić information content (AvgIpc) is 2.92. The molecule has 3 heterocycles. The van der Waals surface area contributed by atoms with Crippen molar-refractivity contribution in [2.75, 3.05) is 25.9 Å². The molecular formula is C13H16FN5S. The first-order chi connectivity index (χ1) is 9.63. The molecule has 2 aromatic heterocycles. The maximum Gasteiger partial charge on any atom is 0.220 e. The Bertz CT molecular complexity index is 607. The molecule has 1 fully saturated rings. The van der Waals surface area contributed by atoms with Gasteiger partial charge in [0.1, 0.15) is 5.69 Å². The molecule has 106 valence electrons. The highest BCUT2D eigenvalue weighted by Crippen LogP contribution is 2.34. The van der Waals surface area contributed by atoms with Crippen molar-refractivity contribution >= 4 is 17.3 Å². The highest BCUT2D eigenvalue weighted by molar-refractivity contribution is 7.15. The number of nitrogens with two attached hydrogens (primary N) is 1. The molecule has 5 nitrogen and oxygen atoms in total. The lowest BCUT2D eigenvalue weighted by molar-refractivity contribution is 0.255. The van der Waals surface area contributed by atoms with Crippen LogP contribution >= 0.6 is 11.3 Å². The van der Waals surface area contributed by atoms with Crippen molar-refractivity contribution in [2.45, 2.75) is 18.8 Å². The molecular weight excluding hydrogens is 277 g/mol. The number of hydrogen-bond donors (Lipinski definition) is 1. The van der Waals surface area contributed by atoms with E-state index in [2.05, 4.69) is 26.9 Å². The van der Waals surface area contributed by atoms with Gasteiger partial charge in [0.15, 0.2) is 5.82 Å². The molecule has 0 bridgehead atoms. The van der Waals surface area contributed by atoms with Gasteiger partial charge in [-0.05, 0) is 33.0 Å². The van der Waals surface area contributed by atoms with E-state index in [1.54, 1.807) is 6.20 Å². The number of anilines is 1. The quantitative estimate of drug-likeness (QED) is 0.918. The van der Waals surface area contributed by atoms with E-state index in [4.69, 9.17) is 5.73 Å². The van der Waals surface area contributed by atoms with Crippen molar-refractivity contribution in [3.8, 4) is 10.6 Å². The molecule has 3 rings (SSSR count). The van der Waals surface area contributed by atoms with Gasteiger partial charge in [0.05, 0.1) is 16.1 Å².